The van der Waals surface area contributed by atoms with E-state index in [0.717, 1.165) is 21.8 Å². The third-order valence-corrected chi connectivity index (χ3v) is 5.58. The number of hydrogen-bond acceptors (Lipinski definition) is 6. The molecule has 2 N–H and O–H groups in total. The van der Waals surface area contributed by atoms with E-state index in [1.807, 2.05) is 30.3 Å². The first kappa shape index (κ1) is 21.4. The number of carbonyl (C=O) groups is 2. The molecule has 150 valence electrons. The van der Waals surface area contributed by atoms with E-state index in [0.29, 0.717) is 22.9 Å². The van der Waals surface area contributed by atoms with E-state index >= 15 is 0 Å². The molecule has 1 heterocycles. The molecule has 0 spiro atoms. The molecule has 2 aromatic carbocycles. The normalized spacial score (nSPS) is 17.7. The third kappa shape index (κ3) is 6.31. The fraction of sp³-hybridized carbons (Fsp3) is 0.158. The summed E-state index contributed by atoms with van der Waals surface area (Å²) in [6.45, 7) is 0.358. The van der Waals surface area contributed by atoms with Gasteiger partial charge in [0.05, 0.1) is 12.6 Å². The van der Waals surface area contributed by atoms with Gasteiger partial charge in [-0.1, -0.05) is 51.4 Å². The Bertz CT molecular complexity index is 982. The van der Waals surface area contributed by atoms with Gasteiger partial charge in [0, 0.05) is 15.1 Å². The van der Waals surface area contributed by atoms with Gasteiger partial charge in [0.25, 0.3) is 0 Å². The average Bonchev–Trinajstić information content (AvgIpc) is 3.01. The fourth-order valence-electron chi connectivity index (χ4n) is 2.38. The summed E-state index contributed by atoms with van der Waals surface area (Å²) in [5, 5.41) is 19.5. The van der Waals surface area contributed by atoms with Crippen LogP contribution in [-0.2, 0) is 16.2 Å². The van der Waals surface area contributed by atoms with Crippen LogP contribution in [0.1, 0.15) is 17.5 Å². The van der Waals surface area contributed by atoms with E-state index in [-0.39, 0.29) is 17.5 Å². The summed E-state index contributed by atoms with van der Waals surface area (Å²) in [4.78, 5) is 22.5. The Morgan fingerprint density at radius 2 is 2.07 bits per heavy atom. The molecule has 1 saturated heterocycles. The number of amides is 1. The predicted molar refractivity (Wildman–Crippen MR) is 117 cm³/mol. The van der Waals surface area contributed by atoms with Crippen molar-refractivity contribution in [2.24, 2.45) is 10.2 Å². The predicted octanol–water partition coefficient (Wildman–Crippen LogP) is 4.08. The summed E-state index contributed by atoms with van der Waals surface area (Å²) in [5.41, 5.74) is 1.66. The molecule has 1 unspecified atom stereocenters. The number of carboxylic acids is 1. The van der Waals surface area contributed by atoms with Crippen molar-refractivity contribution < 1.29 is 19.4 Å². The molecule has 3 rings (SSSR count). The zero-order valence-electron chi connectivity index (χ0n) is 14.8. The number of rotatable bonds is 7. The standard InChI is InChI=1S/C19H15BrClN3O4S/c20-13-3-6-15(28-10-11-1-4-14(21)5-2-11)12(7-13)9-22-24-19-23-18(27)16(29-19)8-17(25)26/h1-7,9,16H,8,10H2,(H,25,26)(H,23,24,27). The van der Waals surface area contributed by atoms with E-state index in [4.69, 9.17) is 21.4 Å². The topological polar surface area (TPSA) is 100 Å². The van der Waals surface area contributed by atoms with Crippen LogP contribution in [0.2, 0.25) is 5.02 Å². The molecule has 1 amide bonds. The van der Waals surface area contributed by atoms with Crippen molar-refractivity contribution in [3.8, 4) is 5.75 Å². The smallest absolute Gasteiger partial charge is 0.305 e. The molecule has 0 saturated carbocycles. The van der Waals surface area contributed by atoms with Crippen LogP contribution in [0.3, 0.4) is 0 Å². The van der Waals surface area contributed by atoms with Crippen LogP contribution in [0.4, 0.5) is 0 Å². The lowest BCUT2D eigenvalue weighted by atomic mass is 10.2. The Hall–Kier alpha value is -2.36. The van der Waals surface area contributed by atoms with Gasteiger partial charge in [0.2, 0.25) is 5.91 Å². The summed E-state index contributed by atoms with van der Waals surface area (Å²) in [6, 6.07) is 12.8. The summed E-state index contributed by atoms with van der Waals surface area (Å²) < 4.78 is 6.72. The van der Waals surface area contributed by atoms with Crippen LogP contribution in [-0.4, -0.2) is 33.6 Å². The first-order chi connectivity index (χ1) is 13.9. The Kier molecular flexibility index (Phi) is 7.29. The van der Waals surface area contributed by atoms with Crippen molar-refractivity contribution in [1.82, 2.24) is 5.32 Å². The highest BCUT2D eigenvalue weighted by molar-refractivity contribution is 9.10. The second-order valence-electron chi connectivity index (χ2n) is 5.94. The number of thioether (sulfide) groups is 1. The highest BCUT2D eigenvalue weighted by atomic mass is 79.9. The van der Waals surface area contributed by atoms with Gasteiger partial charge in [-0.2, -0.15) is 5.10 Å². The second kappa shape index (κ2) is 9.91. The van der Waals surface area contributed by atoms with Crippen LogP contribution in [0.5, 0.6) is 5.75 Å². The Balaban J connectivity index is 1.68. The van der Waals surface area contributed by atoms with E-state index in [1.54, 1.807) is 12.1 Å². The SMILES string of the molecule is O=C(O)CC1S/C(=N/N=Cc2cc(Br)ccc2OCc2ccc(Cl)cc2)NC1=O. The Morgan fingerprint density at radius 3 is 2.79 bits per heavy atom. The van der Waals surface area contributed by atoms with Gasteiger partial charge in [-0.15, -0.1) is 5.10 Å². The summed E-state index contributed by atoms with van der Waals surface area (Å²) >= 11 is 10.3. The van der Waals surface area contributed by atoms with E-state index < -0.39 is 11.2 Å². The molecule has 2 aromatic rings. The molecular formula is C19H15BrClN3O4S. The summed E-state index contributed by atoms with van der Waals surface area (Å²) in [5.74, 6) is -0.821. The minimum Gasteiger partial charge on any atom is -0.488 e. The monoisotopic (exact) mass is 495 g/mol. The zero-order valence-corrected chi connectivity index (χ0v) is 18.0. The van der Waals surface area contributed by atoms with Crippen molar-refractivity contribution in [1.29, 1.82) is 0 Å². The van der Waals surface area contributed by atoms with Gasteiger partial charge in [-0.25, -0.2) is 0 Å². The van der Waals surface area contributed by atoms with Crippen LogP contribution >= 0.6 is 39.3 Å². The van der Waals surface area contributed by atoms with Gasteiger partial charge < -0.3 is 15.2 Å². The molecule has 10 heteroatoms. The quantitative estimate of drug-likeness (QED) is 0.444. The molecule has 0 radical (unpaired) electrons. The second-order valence-corrected chi connectivity index (χ2v) is 8.48. The van der Waals surface area contributed by atoms with Gasteiger partial charge >= 0.3 is 5.97 Å². The zero-order chi connectivity index (χ0) is 20.8. The maximum atomic E-state index is 11.7. The molecule has 0 aliphatic carbocycles. The van der Waals surface area contributed by atoms with Crippen LogP contribution in [0.15, 0.2) is 57.1 Å². The van der Waals surface area contributed by atoms with Crippen molar-refractivity contribution >= 4 is 62.6 Å². The van der Waals surface area contributed by atoms with Crippen LogP contribution in [0.25, 0.3) is 0 Å². The fourth-order valence-corrected chi connectivity index (χ4v) is 3.80. The lowest BCUT2D eigenvalue weighted by Crippen LogP contribution is -2.26. The minimum atomic E-state index is -1.04. The molecule has 1 fully saturated rings. The lowest BCUT2D eigenvalue weighted by molar-refractivity contribution is -0.138. The number of nitrogens with one attached hydrogen (secondary N) is 1. The minimum absolute atomic E-state index is 0.260. The third-order valence-electron chi connectivity index (χ3n) is 3.76. The highest BCUT2D eigenvalue weighted by Gasteiger charge is 2.32. The number of halogens is 2. The Labute approximate surface area is 184 Å². The molecule has 7 nitrogen and oxygen atoms in total. The van der Waals surface area contributed by atoms with Gasteiger partial charge in [-0.3, -0.25) is 9.59 Å². The first-order valence-electron chi connectivity index (χ1n) is 8.38. The molecular weight excluding hydrogens is 482 g/mol. The number of nitrogens with zero attached hydrogens (tertiary/aromatic N) is 2. The summed E-state index contributed by atoms with van der Waals surface area (Å²) in [6.07, 6.45) is 1.24. The van der Waals surface area contributed by atoms with E-state index in [1.165, 1.54) is 6.21 Å². The Morgan fingerprint density at radius 1 is 1.31 bits per heavy atom. The van der Waals surface area contributed by atoms with Gasteiger partial charge in [0.1, 0.15) is 17.6 Å². The summed E-state index contributed by atoms with van der Waals surface area (Å²) in [7, 11) is 0. The van der Waals surface area contributed by atoms with Gasteiger partial charge in [0.15, 0.2) is 5.17 Å². The molecule has 0 bridgehead atoms. The number of amidine groups is 1. The number of hydrogen-bond donors (Lipinski definition) is 2. The molecule has 1 atom stereocenters. The maximum absolute atomic E-state index is 11.7. The van der Waals surface area contributed by atoms with Crippen molar-refractivity contribution in [3.05, 3.63) is 63.1 Å². The molecule has 1 aliphatic heterocycles. The van der Waals surface area contributed by atoms with E-state index in [2.05, 4.69) is 31.4 Å². The number of benzene rings is 2. The van der Waals surface area contributed by atoms with Crippen molar-refractivity contribution in [2.75, 3.05) is 0 Å². The van der Waals surface area contributed by atoms with Crippen molar-refractivity contribution in [3.63, 3.8) is 0 Å². The lowest BCUT2D eigenvalue weighted by Gasteiger charge is -2.09. The first-order valence-corrected chi connectivity index (χ1v) is 10.4. The maximum Gasteiger partial charge on any atom is 0.305 e. The average molecular weight is 497 g/mol. The number of carboxylic acid groups (broad SMARTS) is 1. The van der Waals surface area contributed by atoms with E-state index in [9.17, 15) is 9.59 Å². The largest absolute Gasteiger partial charge is 0.488 e. The number of aliphatic carboxylic acids is 1. The number of ether oxygens (including phenoxy) is 1. The van der Waals surface area contributed by atoms with Crippen LogP contribution < -0.4 is 10.1 Å². The van der Waals surface area contributed by atoms with Crippen LogP contribution in [0, 0.1) is 0 Å². The molecule has 29 heavy (non-hydrogen) atoms. The number of carbonyl (C=O) groups excluding carboxylic acids is 1. The van der Waals surface area contributed by atoms with Crippen molar-refractivity contribution in [2.45, 2.75) is 18.3 Å². The highest BCUT2D eigenvalue weighted by Crippen LogP contribution is 2.24. The molecule has 0 aromatic heterocycles. The van der Waals surface area contributed by atoms with Gasteiger partial charge in [-0.05, 0) is 35.9 Å². The molecule has 1 aliphatic rings.